The molecule has 1 aliphatic rings. The molecule has 182 valence electrons. The Hall–Kier alpha value is -3.51. The number of aromatic nitrogens is 4. The van der Waals surface area contributed by atoms with Gasteiger partial charge in [0.05, 0.1) is 23.6 Å². The maximum absolute atomic E-state index is 13.1. The van der Waals surface area contributed by atoms with Crippen molar-refractivity contribution in [1.82, 2.24) is 24.5 Å². The lowest BCUT2D eigenvalue weighted by molar-refractivity contribution is -0.274. The van der Waals surface area contributed by atoms with E-state index in [9.17, 15) is 31.1 Å². The van der Waals surface area contributed by atoms with Gasteiger partial charge in [-0.2, -0.15) is 23.4 Å². The van der Waals surface area contributed by atoms with Crippen molar-refractivity contribution in [3.05, 3.63) is 52.3 Å². The first-order valence-electron chi connectivity index (χ1n) is 10.1. The van der Waals surface area contributed by atoms with Crippen molar-refractivity contribution in [3.63, 3.8) is 0 Å². The molecule has 0 aliphatic carbocycles. The third-order valence-corrected chi connectivity index (χ3v) is 5.64. The Morgan fingerprint density at radius 1 is 1.06 bits per heavy atom. The fourth-order valence-electron chi connectivity index (χ4n) is 4.09. The van der Waals surface area contributed by atoms with Crippen molar-refractivity contribution in [2.75, 3.05) is 6.54 Å². The number of hydrogen-bond donors (Lipinski definition) is 0. The lowest BCUT2D eigenvalue weighted by atomic mass is 10.0. The Kier molecular flexibility index (Phi) is 5.61. The summed E-state index contributed by atoms with van der Waals surface area (Å²) in [6, 6.07) is 4.79. The first-order valence-corrected chi connectivity index (χ1v) is 10.1. The maximum atomic E-state index is 13.1. The first kappa shape index (κ1) is 23.6. The zero-order chi connectivity index (χ0) is 25.0. The van der Waals surface area contributed by atoms with Crippen LogP contribution in [-0.2, 0) is 33.2 Å². The number of aryl methyl sites for hydroxylation is 2. The quantitative estimate of drug-likeness (QED) is 0.519. The Morgan fingerprint density at radius 2 is 1.76 bits per heavy atom. The van der Waals surface area contributed by atoms with Crippen LogP contribution < -0.4 is 4.74 Å². The topological polar surface area (TPSA) is 65.2 Å². The number of fused-ring (bicyclic) bond motifs is 1. The fraction of sp³-hybridized carbons (Fsp3) is 0.381. The molecule has 0 saturated carbocycles. The molecular weight excluding hydrogens is 468 g/mol. The first-order chi connectivity index (χ1) is 15.8. The molecule has 0 bridgehead atoms. The third-order valence-electron chi connectivity index (χ3n) is 5.64. The summed E-state index contributed by atoms with van der Waals surface area (Å²) in [4.78, 5) is 14.5. The highest BCUT2D eigenvalue weighted by Crippen LogP contribution is 2.35. The van der Waals surface area contributed by atoms with Gasteiger partial charge in [0, 0.05) is 37.3 Å². The molecule has 1 amide bonds. The van der Waals surface area contributed by atoms with Crippen LogP contribution in [0.1, 0.15) is 32.9 Å². The van der Waals surface area contributed by atoms with Crippen LogP contribution in [0.5, 0.6) is 5.75 Å². The minimum atomic E-state index is -4.89. The zero-order valence-corrected chi connectivity index (χ0v) is 18.3. The molecule has 0 atom stereocenters. The van der Waals surface area contributed by atoms with E-state index in [-0.39, 0.29) is 29.9 Å². The summed E-state index contributed by atoms with van der Waals surface area (Å²) in [6.07, 6.45) is -9.19. The predicted octanol–water partition coefficient (Wildman–Crippen LogP) is 4.24. The van der Waals surface area contributed by atoms with Gasteiger partial charge in [0.1, 0.15) is 5.75 Å². The zero-order valence-electron chi connectivity index (χ0n) is 18.3. The molecule has 34 heavy (non-hydrogen) atoms. The molecule has 13 heteroatoms. The van der Waals surface area contributed by atoms with Crippen molar-refractivity contribution >= 4 is 5.91 Å². The van der Waals surface area contributed by atoms with Crippen LogP contribution in [0.2, 0.25) is 0 Å². The van der Waals surface area contributed by atoms with E-state index in [0.29, 0.717) is 23.4 Å². The summed E-state index contributed by atoms with van der Waals surface area (Å²) in [5.41, 5.74) is 0.959. The summed E-state index contributed by atoms with van der Waals surface area (Å²) in [6.45, 7) is 1.62. The third kappa shape index (κ3) is 4.33. The van der Waals surface area contributed by atoms with Crippen molar-refractivity contribution in [3.8, 4) is 17.1 Å². The van der Waals surface area contributed by atoms with Crippen LogP contribution in [0.15, 0.2) is 24.3 Å². The van der Waals surface area contributed by atoms with Crippen molar-refractivity contribution in [2.24, 2.45) is 14.1 Å². The number of alkyl halides is 6. The number of hydrogen-bond acceptors (Lipinski definition) is 4. The maximum Gasteiger partial charge on any atom is 0.573 e. The van der Waals surface area contributed by atoms with Gasteiger partial charge in [0.2, 0.25) is 0 Å². The lowest BCUT2D eigenvalue weighted by Crippen LogP contribution is -2.36. The van der Waals surface area contributed by atoms with E-state index in [1.165, 1.54) is 35.7 Å². The number of rotatable bonds is 3. The smallest absolute Gasteiger partial charge is 0.405 e. The van der Waals surface area contributed by atoms with E-state index in [2.05, 4.69) is 14.9 Å². The predicted molar refractivity (Wildman–Crippen MR) is 107 cm³/mol. The monoisotopic (exact) mass is 487 g/mol. The van der Waals surface area contributed by atoms with Crippen LogP contribution in [0.25, 0.3) is 11.4 Å². The molecule has 4 rings (SSSR count). The standard InChI is InChI=1S/C21H19F6N5O2/c1-11-12(5-4-6-16(11)34-21(25,26)27)19(33)32-8-7-13-14(10-32)28-31(3)18(13)15-9-17(20(22,23)24)29-30(15)2/h4-6,9H,7-8,10H2,1-3H3. The second-order valence-corrected chi connectivity index (χ2v) is 7.89. The number of amides is 1. The van der Waals surface area contributed by atoms with E-state index >= 15 is 0 Å². The molecule has 2 aromatic heterocycles. The number of carbonyl (C=O) groups excluding carboxylic acids is 1. The van der Waals surface area contributed by atoms with Crippen LogP contribution in [0.4, 0.5) is 26.3 Å². The number of benzene rings is 1. The average molecular weight is 487 g/mol. The SMILES string of the molecule is Cc1c(OC(F)(F)F)cccc1C(=O)N1CCc2c(nn(C)c2-c2cc(C(F)(F)F)nn2C)C1. The van der Waals surface area contributed by atoms with E-state index in [1.807, 2.05) is 0 Å². The van der Waals surface area contributed by atoms with Crippen molar-refractivity contribution in [1.29, 1.82) is 0 Å². The van der Waals surface area contributed by atoms with E-state index in [4.69, 9.17) is 0 Å². The van der Waals surface area contributed by atoms with Gasteiger partial charge in [-0.15, -0.1) is 13.2 Å². The van der Waals surface area contributed by atoms with E-state index in [1.54, 1.807) is 7.05 Å². The molecule has 0 spiro atoms. The normalized spacial score (nSPS) is 14.3. The molecule has 1 aromatic carbocycles. The van der Waals surface area contributed by atoms with E-state index in [0.717, 1.165) is 16.8 Å². The van der Waals surface area contributed by atoms with Gasteiger partial charge in [-0.1, -0.05) is 6.07 Å². The highest BCUT2D eigenvalue weighted by atomic mass is 19.4. The van der Waals surface area contributed by atoms with Crippen LogP contribution in [-0.4, -0.2) is 43.3 Å². The van der Waals surface area contributed by atoms with Crippen molar-refractivity contribution in [2.45, 2.75) is 32.4 Å². The van der Waals surface area contributed by atoms with Gasteiger partial charge in [0.25, 0.3) is 5.91 Å². The summed E-state index contributed by atoms with van der Waals surface area (Å²) in [7, 11) is 2.99. The Bertz CT molecular complexity index is 1260. The van der Waals surface area contributed by atoms with Crippen LogP contribution in [0.3, 0.4) is 0 Å². The summed E-state index contributed by atoms with van der Waals surface area (Å²) in [5.74, 6) is -0.962. The molecule has 0 saturated heterocycles. The van der Waals surface area contributed by atoms with Crippen LogP contribution in [0, 0.1) is 6.92 Å². The molecule has 3 heterocycles. The number of nitrogens with zero attached hydrogens (tertiary/aromatic N) is 5. The van der Waals surface area contributed by atoms with Gasteiger partial charge in [0.15, 0.2) is 5.69 Å². The van der Waals surface area contributed by atoms with Gasteiger partial charge in [-0.05, 0) is 31.5 Å². The van der Waals surface area contributed by atoms with Gasteiger partial charge in [-0.3, -0.25) is 14.2 Å². The molecule has 0 N–H and O–H groups in total. The Morgan fingerprint density at radius 3 is 2.38 bits per heavy atom. The largest absolute Gasteiger partial charge is 0.573 e. The molecule has 7 nitrogen and oxygen atoms in total. The Labute approximate surface area is 189 Å². The fourth-order valence-corrected chi connectivity index (χ4v) is 4.09. The highest BCUT2D eigenvalue weighted by molar-refractivity contribution is 5.96. The van der Waals surface area contributed by atoms with Crippen LogP contribution >= 0.6 is 0 Å². The summed E-state index contributed by atoms with van der Waals surface area (Å²) >= 11 is 0. The Balaban J connectivity index is 1.63. The summed E-state index contributed by atoms with van der Waals surface area (Å²) < 4.78 is 83.8. The minimum Gasteiger partial charge on any atom is -0.405 e. The second-order valence-electron chi connectivity index (χ2n) is 7.89. The number of ether oxygens (including phenoxy) is 1. The molecule has 0 unspecified atom stereocenters. The van der Waals surface area contributed by atoms with Gasteiger partial charge >= 0.3 is 12.5 Å². The molecule has 1 aliphatic heterocycles. The number of halogens is 6. The molecule has 0 radical (unpaired) electrons. The van der Waals surface area contributed by atoms with E-state index < -0.39 is 29.9 Å². The summed E-state index contributed by atoms with van der Waals surface area (Å²) in [5, 5.41) is 7.93. The highest BCUT2D eigenvalue weighted by Gasteiger charge is 2.37. The molecular formula is C21H19F6N5O2. The van der Waals surface area contributed by atoms with Gasteiger partial charge < -0.3 is 9.64 Å². The number of carbonyl (C=O) groups is 1. The molecule has 3 aromatic rings. The minimum absolute atomic E-state index is 0.0481. The van der Waals surface area contributed by atoms with Crippen molar-refractivity contribution < 1.29 is 35.9 Å². The lowest BCUT2D eigenvalue weighted by Gasteiger charge is -2.27. The van der Waals surface area contributed by atoms with Gasteiger partial charge in [-0.25, -0.2) is 0 Å². The molecule has 0 fully saturated rings. The average Bonchev–Trinajstić information content (AvgIpc) is 3.26. The second kappa shape index (κ2) is 8.06.